The van der Waals surface area contributed by atoms with Crippen LogP contribution in [0.1, 0.15) is 41.7 Å². The fourth-order valence-electron chi connectivity index (χ4n) is 4.15. The van der Waals surface area contributed by atoms with Crippen LogP contribution in [0.2, 0.25) is 0 Å². The van der Waals surface area contributed by atoms with E-state index in [0.717, 1.165) is 12.8 Å². The molecule has 25 heavy (non-hydrogen) atoms. The SMILES string of the molecule is Cc1cc(C(=O)N(C)C2CC3CCC(C2)N3)nc2[nH]c(=O)[nH]c(=O)c12. The highest BCUT2D eigenvalue weighted by atomic mass is 16.2. The molecule has 2 aliphatic heterocycles. The van der Waals surface area contributed by atoms with Crippen LogP contribution in [0.25, 0.3) is 11.0 Å². The minimum absolute atomic E-state index is 0.149. The Morgan fingerprint density at radius 3 is 2.56 bits per heavy atom. The van der Waals surface area contributed by atoms with E-state index >= 15 is 0 Å². The molecule has 0 aliphatic carbocycles. The Balaban J connectivity index is 1.68. The fourth-order valence-corrected chi connectivity index (χ4v) is 4.15. The predicted molar refractivity (Wildman–Crippen MR) is 92.8 cm³/mol. The normalized spacial score (nSPS) is 25.3. The molecule has 2 aliphatic rings. The number of aryl methyl sites for hydroxylation is 1. The fraction of sp³-hybridized carbons (Fsp3) is 0.529. The number of hydrogen-bond donors (Lipinski definition) is 3. The maximum atomic E-state index is 12.9. The third-order valence-electron chi connectivity index (χ3n) is 5.44. The lowest BCUT2D eigenvalue weighted by atomic mass is 9.98. The van der Waals surface area contributed by atoms with Gasteiger partial charge < -0.3 is 10.2 Å². The molecule has 2 bridgehead atoms. The molecule has 2 aromatic heterocycles. The topological polar surface area (TPSA) is 111 Å². The molecule has 0 radical (unpaired) electrons. The first-order chi connectivity index (χ1) is 11.9. The van der Waals surface area contributed by atoms with Crippen molar-refractivity contribution in [2.45, 2.75) is 50.7 Å². The van der Waals surface area contributed by atoms with Crippen molar-refractivity contribution < 1.29 is 4.79 Å². The first kappa shape index (κ1) is 16.0. The Labute approximate surface area is 143 Å². The van der Waals surface area contributed by atoms with E-state index in [2.05, 4.69) is 20.3 Å². The van der Waals surface area contributed by atoms with Crippen LogP contribution in [-0.2, 0) is 0 Å². The number of pyridine rings is 1. The Bertz CT molecular complexity index is 951. The first-order valence-corrected chi connectivity index (χ1v) is 8.59. The molecule has 2 unspecified atom stereocenters. The van der Waals surface area contributed by atoms with Gasteiger partial charge in [0.25, 0.3) is 11.5 Å². The number of carbonyl (C=O) groups excluding carboxylic acids is 1. The van der Waals surface area contributed by atoms with Gasteiger partial charge in [-0.3, -0.25) is 19.6 Å². The number of carbonyl (C=O) groups is 1. The summed E-state index contributed by atoms with van der Waals surface area (Å²) in [4.78, 5) is 47.0. The molecule has 3 N–H and O–H groups in total. The standard InChI is InChI=1S/C17H21N5O3/c1-8-5-12(19-14-13(8)15(23)21-17(25)20-14)16(24)22(2)11-6-9-3-4-10(7-11)18-9/h5,9-11,18H,3-4,6-7H2,1-2H3,(H2,19,20,21,23,25). The van der Waals surface area contributed by atoms with Gasteiger partial charge in [0.1, 0.15) is 11.3 Å². The molecule has 2 saturated heterocycles. The molecule has 2 fully saturated rings. The lowest BCUT2D eigenvalue weighted by molar-refractivity contribution is 0.0676. The van der Waals surface area contributed by atoms with E-state index in [0.29, 0.717) is 23.0 Å². The molecule has 1 amide bonds. The quantitative estimate of drug-likeness (QED) is 0.725. The molecule has 132 valence electrons. The second-order valence-corrected chi connectivity index (χ2v) is 7.14. The lowest BCUT2D eigenvalue weighted by Gasteiger charge is -2.35. The number of rotatable bonds is 2. The van der Waals surface area contributed by atoms with Gasteiger partial charge in [-0.15, -0.1) is 0 Å². The van der Waals surface area contributed by atoms with Crippen LogP contribution in [0.4, 0.5) is 0 Å². The highest BCUT2D eigenvalue weighted by Gasteiger charge is 2.36. The minimum atomic E-state index is -0.628. The zero-order valence-electron chi connectivity index (χ0n) is 14.3. The second kappa shape index (κ2) is 5.80. The van der Waals surface area contributed by atoms with E-state index < -0.39 is 11.2 Å². The minimum Gasteiger partial charge on any atom is -0.337 e. The Hall–Kier alpha value is -2.48. The van der Waals surface area contributed by atoms with Gasteiger partial charge in [-0.2, -0.15) is 0 Å². The summed E-state index contributed by atoms with van der Waals surface area (Å²) >= 11 is 0. The third kappa shape index (κ3) is 2.76. The molecule has 4 rings (SSSR count). The average Bonchev–Trinajstić information content (AvgIpc) is 2.90. The van der Waals surface area contributed by atoms with Crippen molar-refractivity contribution in [2.75, 3.05) is 7.05 Å². The molecule has 0 spiro atoms. The number of hydrogen-bond acceptors (Lipinski definition) is 5. The maximum Gasteiger partial charge on any atom is 0.327 e. The van der Waals surface area contributed by atoms with Gasteiger partial charge >= 0.3 is 5.69 Å². The number of amides is 1. The molecular weight excluding hydrogens is 322 g/mol. The van der Waals surface area contributed by atoms with E-state index in [4.69, 9.17) is 0 Å². The van der Waals surface area contributed by atoms with Crippen LogP contribution in [0.5, 0.6) is 0 Å². The largest absolute Gasteiger partial charge is 0.337 e. The van der Waals surface area contributed by atoms with E-state index in [1.54, 1.807) is 24.9 Å². The van der Waals surface area contributed by atoms with E-state index in [-0.39, 0.29) is 23.3 Å². The third-order valence-corrected chi connectivity index (χ3v) is 5.44. The van der Waals surface area contributed by atoms with Crippen molar-refractivity contribution in [2.24, 2.45) is 0 Å². The number of piperidine rings is 1. The maximum absolute atomic E-state index is 12.9. The van der Waals surface area contributed by atoms with E-state index in [9.17, 15) is 14.4 Å². The summed E-state index contributed by atoms with van der Waals surface area (Å²) < 4.78 is 0. The molecule has 8 nitrogen and oxygen atoms in total. The molecule has 0 saturated carbocycles. The van der Waals surface area contributed by atoms with Gasteiger partial charge in [0.2, 0.25) is 0 Å². The summed E-state index contributed by atoms with van der Waals surface area (Å²) in [6.45, 7) is 1.74. The molecule has 2 aromatic rings. The average molecular weight is 343 g/mol. The highest BCUT2D eigenvalue weighted by molar-refractivity contribution is 5.95. The Kier molecular flexibility index (Phi) is 3.72. The summed E-state index contributed by atoms with van der Waals surface area (Å²) in [6, 6.07) is 2.77. The van der Waals surface area contributed by atoms with Gasteiger partial charge in [0, 0.05) is 25.2 Å². The predicted octanol–water partition coefficient (Wildman–Crippen LogP) is 0.275. The summed E-state index contributed by atoms with van der Waals surface area (Å²) in [7, 11) is 1.81. The van der Waals surface area contributed by atoms with Gasteiger partial charge in [0.05, 0.1) is 5.39 Å². The molecular formula is C17H21N5O3. The van der Waals surface area contributed by atoms with Crippen molar-refractivity contribution in [3.8, 4) is 0 Å². The van der Waals surface area contributed by atoms with Crippen LogP contribution in [-0.4, -0.2) is 50.9 Å². The Morgan fingerprint density at radius 2 is 1.88 bits per heavy atom. The smallest absolute Gasteiger partial charge is 0.327 e. The summed E-state index contributed by atoms with van der Waals surface area (Å²) in [5, 5.41) is 3.87. The summed E-state index contributed by atoms with van der Waals surface area (Å²) in [5.74, 6) is -0.183. The Morgan fingerprint density at radius 1 is 1.20 bits per heavy atom. The van der Waals surface area contributed by atoms with Crippen molar-refractivity contribution in [1.82, 2.24) is 25.2 Å². The number of aromatic amines is 2. The zero-order valence-corrected chi connectivity index (χ0v) is 14.3. The number of nitrogens with one attached hydrogen (secondary N) is 3. The zero-order chi connectivity index (χ0) is 17.7. The summed E-state index contributed by atoms with van der Waals surface area (Å²) in [6.07, 6.45) is 4.23. The van der Waals surface area contributed by atoms with Gasteiger partial charge in [-0.1, -0.05) is 0 Å². The van der Waals surface area contributed by atoms with Crippen LogP contribution >= 0.6 is 0 Å². The van der Waals surface area contributed by atoms with Crippen molar-refractivity contribution in [3.05, 3.63) is 38.2 Å². The van der Waals surface area contributed by atoms with Crippen LogP contribution in [0.15, 0.2) is 15.7 Å². The van der Waals surface area contributed by atoms with Gasteiger partial charge in [0.15, 0.2) is 0 Å². The van der Waals surface area contributed by atoms with Crippen molar-refractivity contribution in [1.29, 1.82) is 0 Å². The first-order valence-electron chi connectivity index (χ1n) is 8.59. The van der Waals surface area contributed by atoms with Crippen LogP contribution in [0.3, 0.4) is 0 Å². The number of fused-ring (bicyclic) bond motifs is 3. The highest BCUT2D eigenvalue weighted by Crippen LogP contribution is 2.29. The molecule has 4 heterocycles. The van der Waals surface area contributed by atoms with Gasteiger partial charge in [-0.05, 0) is 44.2 Å². The lowest BCUT2D eigenvalue weighted by Crippen LogP contribution is -2.48. The number of H-pyrrole nitrogens is 2. The summed E-state index contributed by atoms with van der Waals surface area (Å²) in [5.41, 5.74) is -0.108. The second-order valence-electron chi connectivity index (χ2n) is 7.14. The number of nitrogens with zero attached hydrogens (tertiary/aromatic N) is 2. The van der Waals surface area contributed by atoms with Crippen LogP contribution < -0.4 is 16.6 Å². The molecule has 0 aromatic carbocycles. The monoisotopic (exact) mass is 343 g/mol. The van der Waals surface area contributed by atoms with Crippen LogP contribution in [0, 0.1) is 6.92 Å². The van der Waals surface area contributed by atoms with Crippen molar-refractivity contribution >= 4 is 16.9 Å². The number of aromatic nitrogens is 3. The van der Waals surface area contributed by atoms with E-state index in [1.807, 2.05) is 0 Å². The molecule has 8 heteroatoms. The molecule has 2 atom stereocenters. The van der Waals surface area contributed by atoms with Gasteiger partial charge in [-0.25, -0.2) is 9.78 Å². The van der Waals surface area contributed by atoms with Crippen molar-refractivity contribution in [3.63, 3.8) is 0 Å². The van der Waals surface area contributed by atoms with E-state index in [1.165, 1.54) is 12.8 Å².